The molecule has 0 bridgehead atoms. The quantitative estimate of drug-likeness (QED) is 0.322. The molecular weight excluding hydrogens is 558 g/mol. The van der Waals surface area contributed by atoms with Crippen molar-refractivity contribution in [3.63, 3.8) is 0 Å². The lowest BCUT2D eigenvalue weighted by Gasteiger charge is -2.38. The van der Waals surface area contributed by atoms with Crippen LogP contribution >= 0.6 is 0 Å². The number of carbonyl (C=O) groups excluding carboxylic acids is 1. The summed E-state index contributed by atoms with van der Waals surface area (Å²) in [6.45, 7) is 6.76. The standard InChI is InChI=1S/C31H37N3O7S/c1-20-5-12-26(13-6-20)42(39,40)32-25-11-14-28-27(15-25)30(36)34(22(3)19-35)16-21(2)29(41-28)18-33(4)17-23-7-9-24(10-8-23)31(37)38/h5-15,21-22,29,32,35H,16-19H2,1-4H3,(H,37,38)/t21-,22-,29-/m1/s1. The molecule has 11 heteroatoms. The van der Waals surface area contributed by atoms with Gasteiger partial charge in [-0.25, -0.2) is 13.2 Å². The molecule has 3 aromatic rings. The molecule has 0 fully saturated rings. The third-order valence-corrected chi connectivity index (χ3v) is 8.79. The lowest BCUT2D eigenvalue weighted by atomic mass is 9.99. The van der Waals surface area contributed by atoms with E-state index < -0.39 is 22.0 Å². The van der Waals surface area contributed by atoms with Crippen LogP contribution in [0.2, 0.25) is 0 Å². The van der Waals surface area contributed by atoms with Gasteiger partial charge in [0.1, 0.15) is 11.9 Å². The van der Waals surface area contributed by atoms with E-state index in [1.54, 1.807) is 60.4 Å². The van der Waals surface area contributed by atoms with Crippen LogP contribution in [-0.2, 0) is 16.6 Å². The Bertz CT molecular complexity index is 1530. The second-order valence-corrected chi connectivity index (χ2v) is 12.6. The Balaban J connectivity index is 1.60. The van der Waals surface area contributed by atoms with E-state index in [0.717, 1.165) is 11.1 Å². The predicted molar refractivity (Wildman–Crippen MR) is 159 cm³/mol. The van der Waals surface area contributed by atoms with E-state index in [9.17, 15) is 23.1 Å². The van der Waals surface area contributed by atoms with Crippen LogP contribution in [-0.4, -0.2) is 79.2 Å². The highest BCUT2D eigenvalue weighted by atomic mass is 32.2. The monoisotopic (exact) mass is 595 g/mol. The number of rotatable bonds is 10. The zero-order valence-corrected chi connectivity index (χ0v) is 25.0. The molecule has 1 aliphatic rings. The second kappa shape index (κ2) is 12.9. The summed E-state index contributed by atoms with van der Waals surface area (Å²) in [5, 5.41) is 19.1. The summed E-state index contributed by atoms with van der Waals surface area (Å²) in [4.78, 5) is 28.6. The molecule has 0 radical (unpaired) electrons. The zero-order chi connectivity index (χ0) is 30.6. The van der Waals surface area contributed by atoms with Gasteiger partial charge in [0.15, 0.2) is 0 Å². The minimum absolute atomic E-state index is 0.104. The first-order valence-corrected chi connectivity index (χ1v) is 15.2. The summed E-state index contributed by atoms with van der Waals surface area (Å²) < 4.78 is 35.0. The highest BCUT2D eigenvalue weighted by molar-refractivity contribution is 7.92. The number of aryl methyl sites for hydroxylation is 1. The zero-order valence-electron chi connectivity index (χ0n) is 24.1. The van der Waals surface area contributed by atoms with Crippen molar-refractivity contribution < 1.29 is 33.0 Å². The molecule has 224 valence electrons. The molecule has 1 aliphatic heterocycles. The molecule has 0 saturated heterocycles. The summed E-state index contributed by atoms with van der Waals surface area (Å²) in [6, 6.07) is 17.3. The first kappa shape index (κ1) is 31.0. The number of carboxylic acids is 1. The summed E-state index contributed by atoms with van der Waals surface area (Å²) in [5.74, 6) is -1.12. The Hall–Kier alpha value is -3.93. The Morgan fingerprint density at radius 1 is 1.12 bits per heavy atom. The van der Waals surface area contributed by atoms with E-state index in [4.69, 9.17) is 9.84 Å². The SMILES string of the molecule is Cc1ccc(S(=O)(=O)Nc2ccc3c(c2)C(=O)N([C@H](C)CO)C[C@@H](C)[C@@H](CN(C)Cc2ccc(C(=O)O)cc2)O3)cc1. The number of hydrogen-bond acceptors (Lipinski definition) is 7. The van der Waals surface area contributed by atoms with Gasteiger partial charge in [-0.2, -0.15) is 0 Å². The van der Waals surface area contributed by atoms with Gasteiger partial charge in [0, 0.05) is 31.2 Å². The van der Waals surface area contributed by atoms with Crippen LogP contribution in [0.4, 0.5) is 5.69 Å². The van der Waals surface area contributed by atoms with Gasteiger partial charge >= 0.3 is 5.97 Å². The number of sulfonamides is 1. The Morgan fingerprint density at radius 3 is 2.40 bits per heavy atom. The molecule has 4 rings (SSSR count). The fourth-order valence-corrected chi connectivity index (χ4v) is 5.92. The van der Waals surface area contributed by atoms with Crippen molar-refractivity contribution >= 4 is 27.6 Å². The fraction of sp³-hybridized carbons (Fsp3) is 0.355. The van der Waals surface area contributed by atoms with Crippen molar-refractivity contribution in [1.82, 2.24) is 9.80 Å². The van der Waals surface area contributed by atoms with Crippen molar-refractivity contribution in [3.8, 4) is 5.75 Å². The largest absolute Gasteiger partial charge is 0.488 e. The average Bonchev–Trinajstić information content (AvgIpc) is 2.95. The molecule has 0 aromatic heterocycles. The molecule has 0 spiro atoms. The number of anilines is 1. The van der Waals surface area contributed by atoms with Crippen LogP contribution in [0.15, 0.2) is 71.6 Å². The molecule has 1 amide bonds. The van der Waals surface area contributed by atoms with Gasteiger partial charge in [-0.05, 0) is 68.9 Å². The van der Waals surface area contributed by atoms with E-state index >= 15 is 0 Å². The number of nitrogens with one attached hydrogen (secondary N) is 1. The minimum atomic E-state index is -3.89. The van der Waals surface area contributed by atoms with E-state index in [1.807, 2.05) is 20.9 Å². The lowest BCUT2D eigenvalue weighted by Crippen LogP contribution is -2.49. The summed E-state index contributed by atoms with van der Waals surface area (Å²) in [7, 11) is -1.96. The number of likely N-dealkylation sites (N-methyl/N-ethyl adjacent to an activating group) is 1. The fourth-order valence-electron chi connectivity index (χ4n) is 4.87. The van der Waals surface area contributed by atoms with Gasteiger partial charge in [-0.15, -0.1) is 0 Å². The molecule has 0 aliphatic carbocycles. The number of aliphatic hydroxyl groups excluding tert-OH is 1. The van der Waals surface area contributed by atoms with Gasteiger partial charge in [-0.1, -0.05) is 36.8 Å². The Kier molecular flexibility index (Phi) is 9.55. The Morgan fingerprint density at radius 2 is 1.79 bits per heavy atom. The molecule has 0 unspecified atom stereocenters. The number of benzene rings is 3. The van der Waals surface area contributed by atoms with Crippen LogP contribution < -0.4 is 9.46 Å². The van der Waals surface area contributed by atoms with E-state index in [2.05, 4.69) is 9.62 Å². The van der Waals surface area contributed by atoms with E-state index in [0.29, 0.717) is 25.4 Å². The van der Waals surface area contributed by atoms with Crippen molar-refractivity contribution in [2.45, 2.75) is 44.4 Å². The number of nitrogens with zero attached hydrogens (tertiary/aromatic N) is 2. The van der Waals surface area contributed by atoms with Gasteiger partial charge in [-0.3, -0.25) is 14.4 Å². The van der Waals surface area contributed by atoms with Gasteiger partial charge in [0.2, 0.25) is 0 Å². The van der Waals surface area contributed by atoms with Crippen LogP contribution in [0.1, 0.15) is 45.7 Å². The summed E-state index contributed by atoms with van der Waals surface area (Å²) >= 11 is 0. The maximum Gasteiger partial charge on any atom is 0.335 e. The molecule has 1 heterocycles. The van der Waals surface area contributed by atoms with Crippen molar-refractivity contribution in [2.24, 2.45) is 5.92 Å². The van der Waals surface area contributed by atoms with Crippen LogP contribution in [0, 0.1) is 12.8 Å². The van der Waals surface area contributed by atoms with Crippen molar-refractivity contribution in [1.29, 1.82) is 0 Å². The molecule has 3 N–H and O–H groups in total. The second-order valence-electron chi connectivity index (χ2n) is 11.0. The Labute approximate surface area is 246 Å². The smallest absolute Gasteiger partial charge is 0.335 e. The highest BCUT2D eigenvalue weighted by Crippen LogP contribution is 2.31. The number of aliphatic hydroxyl groups is 1. The van der Waals surface area contributed by atoms with Gasteiger partial charge < -0.3 is 19.8 Å². The van der Waals surface area contributed by atoms with Crippen molar-refractivity contribution in [2.75, 3.05) is 31.5 Å². The molecule has 3 aromatic carbocycles. The maximum absolute atomic E-state index is 13.7. The van der Waals surface area contributed by atoms with Gasteiger partial charge in [0.05, 0.1) is 28.7 Å². The van der Waals surface area contributed by atoms with E-state index in [-0.39, 0.29) is 46.2 Å². The minimum Gasteiger partial charge on any atom is -0.488 e. The lowest BCUT2D eigenvalue weighted by molar-refractivity contribution is 0.0341. The van der Waals surface area contributed by atoms with Crippen LogP contribution in [0.25, 0.3) is 0 Å². The predicted octanol–water partition coefficient (Wildman–Crippen LogP) is 3.85. The van der Waals surface area contributed by atoms with Gasteiger partial charge in [0.25, 0.3) is 15.9 Å². The third-order valence-electron chi connectivity index (χ3n) is 7.39. The summed E-state index contributed by atoms with van der Waals surface area (Å²) in [5.41, 5.74) is 2.51. The highest BCUT2D eigenvalue weighted by Gasteiger charge is 2.33. The normalized spacial score (nSPS) is 18.0. The number of aromatic carboxylic acids is 1. The van der Waals surface area contributed by atoms with Crippen LogP contribution in [0.5, 0.6) is 5.75 Å². The topological polar surface area (TPSA) is 136 Å². The molecular formula is C31H37N3O7S. The molecule has 10 nitrogen and oxygen atoms in total. The van der Waals surface area contributed by atoms with Crippen LogP contribution in [0.3, 0.4) is 0 Å². The number of carbonyl (C=O) groups is 2. The number of hydrogen-bond donors (Lipinski definition) is 3. The molecule has 0 saturated carbocycles. The molecule has 3 atom stereocenters. The number of fused-ring (bicyclic) bond motifs is 1. The number of carboxylic acid groups (broad SMARTS) is 1. The van der Waals surface area contributed by atoms with Crippen molar-refractivity contribution in [3.05, 3.63) is 89.0 Å². The first-order chi connectivity index (χ1) is 19.9. The average molecular weight is 596 g/mol. The van der Waals surface area contributed by atoms with E-state index in [1.165, 1.54) is 18.2 Å². The molecule has 42 heavy (non-hydrogen) atoms. The number of ether oxygens (including phenoxy) is 1. The summed E-state index contributed by atoms with van der Waals surface area (Å²) in [6.07, 6.45) is -0.344. The third kappa shape index (κ3) is 7.28. The maximum atomic E-state index is 13.7. The first-order valence-electron chi connectivity index (χ1n) is 13.7. The number of amides is 1.